The van der Waals surface area contributed by atoms with Crippen molar-refractivity contribution in [2.75, 3.05) is 38.3 Å². The van der Waals surface area contributed by atoms with Crippen LogP contribution in [-0.2, 0) is 27.4 Å². The Labute approximate surface area is 221 Å². The highest BCUT2D eigenvalue weighted by molar-refractivity contribution is 5.78. The number of hydrogen-bond acceptors (Lipinski definition) is 8. The molecule has 0 saturated carbocycles. The van der Waals surface area contributed by atoms with Gasteiger partial charge in [0.2, 0.25) is 0 Å². The van der Waals surface area contributed by atoms with Gasteiger partial charge in [0, 0.05) is 13.6 Å². The lowest BCUT2D eigenvalue weighted by Crippen LogP contribution is -2.36. The fourth-order valence-electron chi connectivity index (χ4n) is 3.73. The van der Waals surface area contributed by atoms with Crippen molar-refractivity contribution in [3.05, 3.63) is 90.0 Å². The molecule has 198 valence electrons. The molecular formula is C29H31N3O6. The van der Waals surface area contributed by atoms with Gasteiger partial charge >= 0.3 is 12.1 Å². The number of aromatic nitrogens is 1. The third-order valence-electron chi connectivity index (χ3n) is 5.67. The summed E-state index contributed by atoms with van der Waals surface area (Å²) in [4.78, 5) is 32.7. The number of carbonyl (C=O) groups is 2. The van der Waals surface area contributed by atoms with Crippen molar-refractivity contribution in [3.63, 3.8) is 0 Å². The van der Waals surface area contributed by atoms with Gasteiger partial charge in [-0.25, -0.2) is 4.79 Å². The summed E-state index contributed by atoms with van der Waals surface area (Å²) in [5.41, 5.74) is 3.18. The van der Waals surface area contributed by atoms with Gasteiger partial charge in [0.15, 0.2) is 5.58 Å². The van der Waals surface area contributed by atoms with E-state index in [0.717, 1.165) is 22.2 Å². The predicted molar refractivity (Wildman–Crippen MR) is 143 cm³/mol. The molecular weight excluding hydrogens is 486 g/mol. The van der Waals surface area contributed by atoms with Gasteiger partial charge < -0.3 is 23.5 Å². The van der Waals surface area contributed by atoms with E-state index >= 15 is 0 Å². The molecule has 0 spiro atoms. The van der Waals surface area contributed by atoms with Crippen LogP contribution in [-0.4, -0.2) is 55.3 Å². The molecule has 0 unspecified atom stereocenters. The summed E-state index contributed by atoms with van der Waals surface area (Å²) < 4.78 is 22.2. The highest BCUT2D eigenvalue weighted by atomic mass is 16.6. The first kappa shape index (κ1) is 26.5. The molecule has 38 heavy (non-hydrogen) atoms. The maximum absolute atomic E-state index is 12.8. The number of esters is 1. The molecule has 9 heteroatoms. The third-order valence-corrected chi connectivity index (χ3v) is 5.67. The van der Waals surface area contributed by atoms with E-state index in [1.165, 1.54) is 4.90 Å². The molecule has 0 radical (unpaired) electrons. The van der Waals surface area contributed by atoms with Crippen LogP contribution in [0.25, 0.3) is 11.1 Å². The molecule has 1 amide bonds. The molecule has 0 aliphatic rings. The van der Waals surface area contributed by atoms with Gasteiger partial charge in [-0.2, -0.15) is 4.98 Å². The van der Waals surface area contributed by atoms with Crippen molar-refractivity contribution in [2.24, 2.45) is 0 Å². The Morgan fingerprint density at radius 2 is 1.68 bits per heavy atom. The van der Waals surface area contributed by atoms with Gasteiger partial charge in [-0.15, -0.1) is 0 Å². The van der Waals surface area contributed by atoms with E-state index in [1.54, 1.807) is 6.92 Å². The Balaban J connectivity index is 1.34. The summed E-state index contributed by atoms with van der Waals surface area (Å²) in [6, 6.07) is 24.9. The fourth-order valence-corrected chi connectivity index (χ4v) is 3.73. The zero-order valence-corrected chi connectivity index (χ0v) is 21.5. The molecule has 9 nitrogen and oxygen atoms in total. The van der Waals surface area contributed by atoms with Crippen LogP contribution >= 0.6 is 0 Å². The minimum atomic E-state index is -0.604. The number of fused-ring (bicyclic) bond motifs is 1. The van der Waals surface area contributed by atoms with Crippen molar-refractivity contribution in [1.82, 2.24) is 9.88 Å². The molecule has 0 bridgehead atoms. The average Bonchev–Trinajstić information content (AvgIpc) is 3.37. The zero-order valence-electron chi connectivity index (χ0n) is 21.5. The van der Waals surface area contributed by atoms with Crippen molar-refractivity contribution in [3.8, 4) is 5.75 Å². The molecule has 4 aromatic rings. The van der Waals surface area contributed by atoms with E-state index < -0.39 is 12.1 Å². The molecule has 0 fully saturated rings. The van der Waals surface area contributed by atoms with Gasteiger partial charge in [0.1, 0.15) is 31.0 Å². The van der Waals surface area contributed by atoms with Crippen molar-refractivity contribution >= 4 is 29.2 Å². The topological polar surface area (TPSA) is 94.3 Å². The molecule has 0 aliphatic carbocycles. The standard InChI is InChI=1S/C29H31N3O6/c1-3-35-27(33)20-32(29(34)37-21-22-10-5-4-6-11-22)19-23-12-9-13-24(18-23)36-17-16-31(2)28-30-25-14-7-8-15-26(25)38-28/h4-15,18H,3,16-17,19-21H2,1-2H3. The third kappa shape index (κ3) is 7.49. The summed E-state index contributed by atoms with van der Waals surface area (Å²) >= 11 is 0. The summed E-state index contributed by atoms with van der Waals surface area (Å²) in [6.45, 7) is 2.94. The molecule has 3 aromatic carbocycles. The lowest BCUT2D eigenvalue weighted by atomic mass is 10.2. The second-order valence-corrected chi connectivity index (χ2v) is 8.58. The van der Waals surface area contributed by atoms with Crippen LogP contribution in [0.1, 0.15) is 18.1 Å². The number of hydrogen-bond donors (Lipinski definition) is 0. The van der Waals surface area contributed by atoms with E-state index in [9.17, 15) is 9.59 Å². The Kier molecular flexibility index (Phi) is 9.17. The number of anilines is 1. The highest BCUT2D eigenvalue weighted by Crippen LogP contribution is 2.21. The number of carbonyl (C=O) groups excluding carboxylic acids is 2. The normalized spacial score (nSPS) is 10.7. The maximum atomic E-state index is 12.8. The van der Waals surface area contributed by atoms with Crippen LogP contribution in [0, 0.1) is 0 Å². The Hall–Kier alpha value is -4.53. The number of benzene rings is 3. The first-order valence-electron chi connectivity index (χ1n) is 12.4. The fraction of sp³-hybridized carbons (Fsp3) is 0.276. The molecule has 0 aliphatic heterocycles. The lowest BCUT2D eigenvalue weighted by molar-refractivity contribution is -0.144. The maximum Gasteiger partial charge on any atom is 0.410 e. The SMILES string of the molecule is CCOC(=O)CN(Cc1cccc(OCCN(C)c2nc3ccccc3o2)c1)C(=O)OCc1ccccc1. The van der Waals surface area contributed by atoms with E-state index in [0.29, 0.717) is 24.9 Å². The van der Waals surface area contributed by atoms with Gasteiger partial charge in [0.25, 0.3) is 6.01 Å². The second kappa shape index (κ2) is 13.1. The highest BCUT2D eigenvalue weighted by Gasteiger charge is 2.20. The van der Waals surface area contributed by atoms with Gasteiger partial charge in [-0.3, -0.25) is 9.69 Å². The van der Waals surface area contributed by atoms with Crippen LogP contribution in [0.4, 0.5) is 10.8 Å². The summed E-state index contributed by atoms with van der Waals surface area (Å²) in [5, 5.41) is 0. The smallest absolute Gasteiger partial charge is 0.410 e. The number of oxazole rings is 1. The van der Waals surface area contributed by atoms with E-state index in [2.05, 4.69) is 4.98 Å². The molecule has 0 N–H and O–H groups in total. The zero-order chi connectivity index (χ0) is 26.7. The predicted octanol–water partition coefficient (Wildman–Crippen LogP) is 5.04. The van der Waals surface area contributed by atoms with Crippen molar-refractivity contribution in [1.29, 1.82) is 0 Å². The quantitative estimate of drug-likeness (QED) is 0.241. The van der Waals surface area contributed by atoms with Crippen LogP contribution in [0.5, 0.6) is 5.75 Å². The lowest BCUT2D eigenvalue weighted by Gasteiger charge is -2.22. The number of likely N-dealkylation sites (N-methyl/N-ethyl adjacent to an activating group) is 1. The van der Waals surface area contributed by atoms with Crippen LogP contribution in [0.3, 0.4) is 0 Å². The van der Waals surface area contributed by atoms with E-state index in [1.807, 2.05) is 90.8 Å². The summed E-state index contributed by atoms with van der Waals surface area (Å²) in [6.07, 6.45) is -0.604. The minimum absolute atomic E-state index is 0.107. The van der Waals surface area contributed by atoms with Crippen LogP contribution in [0.15, 0.2) is 83.3 Å². The second-order valence-electron chi connectivity index (χ2n) is 8.58. The molecule has 4 rings (SSSR count). The number of ether oxygens (including phenoxy) is 3. The van der Waals surface area contributed by atoms with Gasteiger partial charge in [-0.05, 0) is 42.3 Å². The summed E-state index contributed by atoms with van der Waals surface area (Å²) in [5.74, 6) is 0.140. The van der Waals surface area contributed by atoms with E-state index in [4.69, 9.17) is 18.6 Å². The van der Waals surface area contributed by atoms with Crippen LogP contribution < -0.4 is 9.64 Å². The minimum Gasteiger partial charge on any atom is -0.492 e. The molecule has 1 heterocycles. The van der Waals surface area contributed by atoms with Gasteiger partial charge in [0.05, 0.1) is 13.2 Å². The van der Waals surface area contributed by atoms with Crippen LogP contribution in [0.2, 0.25) is 0 Å². The van der Waals surface area contributed by atoms with Gasteiger partial charge in [-0.1, -0.05) is 54.6 Å². The molecule has 0 saturated heterocycles. The molecule has 0 atom stereocenters. The van der Waals surface area contributed by atoms with Crippen molar-refractivity contribution < 1.29 is 28.2 Å². The number of amides is 1. The average molecular weight is 518 g/mol. The Morgan fingerprint density at radius 1 is 0.921 bits per heavy atom. The summed E-state index contributed by atoms with van der Waals surface area (Å²) in [7, 11) is 1.89. The van der Waals surface area contributed by atoms with E-state index in [-0.39, 0.29) is 26.3 Å². The number of rotatable bonds is 12. The Bertz CT molecular complexity index is 1310. The largest absolute Gasteiger partial charge is 0.492 e. The Morgan fingerprint density at radius 3 is 2.47 bits per heavy atom. The molecule has 1 aromatic heterocycles. The monoisotopic (exact) mass is 517 g/mol. The number of para-hydroxylation sites is 2. The first-order chi connectivity index (χ1) is 18.5. The van der Waals surface area contributed by atoms with Crippen molar-refractivity contribution in [2.45, 2.75) is 20.1 Å². The first-order valence-corrected chi connectivity index (χ1v) is 12.4. The number of nitrogens with zero attached hydrogens (tertiary/aromatic N) is 3.